The summed E-state index contributed by atoms with van der Waals surface area (Å²) < 4.78 is 27.2. The van der Waals surface area contributed by atoms with Gasteiger partial charge in [0, 0.05) is 18.2 Å². The van der Waals surface area contributed by atoms with Crippen molar-refractivity contribution in [3.05, 3.63) is 35.4 Å². The summed E-state index contributed by atoms with van der Waals surface area (Å²) in [4.78, 5) is 26.6. The molecule has 0 radical (unpaired) electrons. The summed E-state index contributed by atoms with van der Waals surface area (Å²) in [7, 11) is 0. The van der Waals surface area contributed by atoms with Crippen LogP contribution in [-0.2, 0) is 4.79 Å². The van der Waals surface area contributed by atoms with Gasteiger partial charge in [-0.3, -0.25) is 14.9 Å². The van der Waals surface area contributed by atoms with Crippen LogP contribution in [0.2, 0.25) is 0 Å². The van der Waals surface area contributed by atoms with Crippen LogP contribution >= 0.6 is 23.1 Å². The number of nitrogens with one attached hydrogen (secondary N) is 1. The number of carbonyl (C=O) groups is 2. The average molecular weight is 427 g/mol. The van der Waals surface area contributed by atoms with Gasteiger partial charge < -0.3 is 4.90 Å². The maximum atomic E-state index is 13.7. The van der Waals surface area contributed by atoms with E-state index in [0.29, 0.717) is 10.4 Å². The van der Waals surface area contributed by atoms with Crippen molar-refractivity contribution in [2.45, 2.75) is 49.5 Å². The lowest BCUT2D eigenvalue weighted by atomic mass is 9.98. The first-order valence-corrected chi connectivity index (χ1v) is 10.7. The Morgan fingerprint density at radius 3 is 2.64 bits per heavy atom. The zero-order chi connectivity index (χ0) is 20.3. The summed E-state index contributed by atoms with van der Waals surface area (Å²) in [6, 6.07) is 3.17. The fraction of sp³-hybridized carbons (Fsp3) is 0.444. The van der Waals surface area contributed by atoms with Crippen molar-refractivity contribution in [1.29, 1.82) is 0 Å². The van der Waals surface area contributed by atoms with E-state index in [-0.39, 0.29) is 34.4 Å². The molecule has 0 aliphatic carbocycles. The Morgan fingerprint density at radius 1 is 1.25 bits per heavy atom. The van der Waals surface area contributed by atoms with E-state index in [1.165, 1.54) is 11.8 Å². The van der Waals surface area contributed by atoms with Crippen LogP contribution in [0.5, 0.6) is 0 Å². The Labute approximate surface area is 169 Å². The van der Waals surface area contributed by atoms with Crippen molar-refractivity contribution < 1.29 is 18.4 Å². The Morgan fingerprint density at radius 2 is 1.96 bits per heavy atom. The van der Waals surface area contributed by atoms with Crippen LogP contribution in [0, 0.1) is 11.6 Å². The van der Waals surface area contributed by atoms with Crippen LogP contribution in [0.4, 0.5) is 13.9 Å². The van der Waals surface area contributed by atoms with Crippen LogP contribution in [-0.4, -0.2) is 44.7 Å². The number of likely N-dealkylation sites (tertiary alicyclic amines) is 1. The predicted octanol–water partition coefficient (Wildman–Crippen LogP) is 3.95. The topological polar surface area (TPSA) is 75.2 Å². The molecule has 1 fully saturated rings. The zero-order valence-corrected chi connectivity index (χ0v) is 17.1. The summed E-state index contributed by atoms with van der Waals surface area (Å²) in [5, 5.41) is 10.4. The van der Waals surface area contributed by atoms with Gasteiger partial charge in [-0.1, -0.05) is 23.1 Å². The van der Waals surface area contributed by atoms with Crippen molar-refractivity contribution in [3.63, 3.8) is 0 Å². The molecule has 2 aromatic rings. The molecule has 1 saturated heterocycles. The Kier molecular flexibility index (Phi) is 6.61. The van der Waals surface area contributed by atoms with Crippen molar-refractivity contribution in [3.8, 4) is 0 Å². The van der Waals surface area contributed by atoms with Gasteiger partial charge in [0.1, 0.15) is 11.6 Å². The van der Waals surface area contributed by atoms with Crippen molar-refractivity contribution in [1.82, 2.24) is 15.1 Å². The SMILES string of the molecule is C[C@@H]1CCC[C@H](C)N1C(=O)CSc1nnc(NC(=O)c2ccc(F)cc2F)s1. The Balaban J connectivity index is 1.56. The molecule has 1 N–H and O–H groups in total. The highest BCUT2D eigenvalue weighted by molar-refractivity contribution is 8.01. The Hall–Kier alpha value is -2.07. The third-order valence-electron chi connectivity index (χ3n) is 4.60. The fourth-order valence-electron chi connectivity index (χ4n) is 3.27. The molecule has 1 aliphatic heterocycles. The lowest BCUT2D eigenvalue weighted by Gasteiger charge is -2.39. The lowest BCUT2D eigenvalue weighted by molar-refractivity contribution is -0.134. The molecular weight excluding hydrogens is 406 g/mol. The molecule has 10 heteroatoms. The first-order valence-electron chi connectivity index (χ1n) is 8.89. The molecule has 1 aromatic heterocycles. The van der Waals surface area contributed by atoms with Gasteiger partial charge in [-0.05, 0) is 45.2 Å². The molecule has 2 amide bonds. The number of piperidine rings is 1. The maximum Gasteiger partial charge on any atom is 0.260 e. The van der Waals surface area contributed by atoms with E-state index in [0.717, 1.165) is 42.7 Å². The van der Waals surface area contributed by atoms with E-state index < -0.39 is 17.5 Å². The largest absolute Gasteiger partial charge is 0.337 e. The number of hydrogen-bond acceptors (Lipinski definition) is 6. The highest BCUT2D eigenvalue weighted by Gasteiger charge is 2.28. The highest BCUT2D eigenvalue weighted by Crippen LogP contribution is 2.28. The molecular formula is C18H20F2N4O2S2. The summed E-state index contributed by atoms with van der Waals surface area (Å²) in [5.74, 6) is -2.15. The first kappa shape index (κ1) is 20.7. The van der Waals surface area contributed by atoms with Crippen LogP contribution in [0.3, 0.4) is 0 Å². The second-order valence-electron chi connectivity index (χ2n) is 6.67. The molecule has 28 heavy (non-hydrogen) atoms. The van der Waals surface area contributed by atoms with E-state index in [2.05, 4.69) is 29.4 Å². The van der Waals surface area contributed by atoms with Gasteiger partial charge in [0.05, 0.1) is 11.3 Å². The fourth-order valence-corrected chi connectivity index (χ4v) is 4.88. The van der Waals surface area contributed by atoms with E-state index in [4.69, 9.17) is 0 Å². The van der Waals surface area contributed by atoms with Crippen molar-refractivity contribution in [2.75, 3.05) is 11.1 Å². The molecule has 3 rings (SSSR count). The first-order chi connectivity index (χ1) is 13.3. The summed E-state index contributed by atoms with van der Waals surface area (Å²) in [6.45, 7) is 4.12. The van der Waals surface area contributed by atoms with Gasteiger partial charge in [-0.25, -0.2) is 8.78 Å². The van der Waals surface area contributed by atoms with Crippen LogP contribution in [0.15, 0.2) is 22.5 Å². The second kappa shape index (κ2) is 8.95. The number of benzene rings is 1. The van der Waals surface area contributed by atoms with Gasteiger partial charge in [0.15, 0.2) is 4.34 Å². The molecule has 0 spiro atoms. The predicted molar refractivity (Wildman–Crippen MR) is 105 cm³/mol. The zero-order valence-electron chi connectivity index (χ0n) is 15.4. The highest BCUT2D eigenvalue weighted by atomic mass is 32.2. The standard InChI is InChI=1S/C18H20F2N4O2S2/c1-10-4-3-5-11(2)24(10)15(25)9-27-18-23-22-17(28-18)21-16(26)13-7-6-12(19)8-14(13)20/h6-8,10-11H,3-5,9H2,1-2H3,(H,21,22,26)/t10-,11+. The third-order valence-corrected chi connectivity index (χ3v) is 6.56. The van der Waals surface area contributed by atoms with E-state index in [9.17, 15) is 18.4 Å². The Bertz CT molecular complexity index is 867. The van der Waals surface area contributed by atoms with Crippen LogP contribution in [0.25, 0.3) is 0 Å². The van der Waals surface area contributed by atoms with Gasteiger partial charge in [-0.15, -0.1) is 10.2 Å². The minimum absolute atomic E-state index is 0.0545. The molecule has 150 valence electrons. The minimum atomic E-state index is -0.952. The number of halogens is 2. The van der Waals surface area contributed by atoms with E-state index in [1.807, 2.05) is 4.90 Å². The number of hydrogen-bond donors (Lipinski definition) is 1. The van der Waals surface area contributed by atoms with Gasteiger partial charge in [0.2, 0.25) is 11.0 Å². The number of thioether (sulfide) groups is 1. The maximum absolute atomic E-state index is 13.7. The summed E-state index contributed by atoms with van der Waals surface area (Å²) in [6.07, 6.45) is 3.15. The third kappa shape index (κ3) is 4.85. The molecule has 1 aliphatic rings. The number of nitrogens with zero attached hydrogens (tertiary/aromatic N) is 3. The van der Waals surface area contributed by atoms with Crippen molar-refractivity contribution in [2.24, 2.45) is 0 Å². The molecule has 2 atom stereocenters. The number of aromatic nitrogens is 2. The number of carbonyl (C=O) groups excluding carboxylic acids is 2. The van der Waals surface area contributed by atoms with Gasteiger partial charge >= 0.3 is 0 Å². The van der Waals surface area contributed by atoms with Crippen molar-refractivity contribution >= 4 is 40.0 Å². The van der Waals surface area contributed by atoms with Crippen LogP contribution in [0.1, 0.15) is 43.5 Å². The minimum Gasteiger partial charge on any atom is -0.337 e. The number of rotatable bonds is 5. The van der Waals surface area contributed by atoms with Crippen LogP contribution < -0.4 is 5.32 Å². The second-order valence-corrected chi connectivity index (χ2v) is 8.87. The summed E-state index contributed by atoms with van der Waals surface area (Å²) in [5.41, 5.74) is -0.283. The number of amides is 2. The lowest BCUT2D eigenvalue weighted by Crippen LogP contribution is -2.48. The quantitative estimate of drug-likeness (QED) is 0.579. The molecule has 0 bridgehead atoms. The monoisotopic (exact) mass is 426 g/mol. The van der Waals surface area contributed by atoms with E-state index in [1.54, 1.807) is 0 Å². The molecule has 1 aromatic carbocycles. The smallest absolute Gasteiger partial charge is 0.260 e. The normalized spacial score (nSPS) is 19.5. The van der Waals surface area contributed by atoms with E-state index >= 15 is 0 Å². The molecule has 6 nitrogen and oxygen atoms in total. The van der Waals surface area contributed by atoms with Gasteiger partial charge in [-0.2, -0.15) is 0 Å². The van der Waals surface area contributed by atoms with Gasteiger partial charge in [0.25, 0.3) is 5.91 Å². The number of anilines is 1. The molecule has 2 heterocycles. The summed E-state index contributed by atoms with van der Waals surface area (Å²) >= 11 is 2.35. The molecule has 0 unspecified atom stereocenters. The molecule has 0 saturated carbocycles. The average Bonchev–Trinajstić information content (AvgIpc) is 3.07.